The lowest BCUT2D eigenvalue weighted by Gasteiger charge is -2.07. The quantitative estimate of drug-likeness (QED) is 0.899. The molecule has 1 heterocycles. The van der Waals surface area contributed by atoms with E-state index in [4.69, 9.17) is 11.6 Å². The van der Waals surface area contributed by atoms with Gasteiger partial charge in [0.05, 0.1) is 6.20 Å². The number of nitrogens with zero attached hydrogens (tertiary/aromatic N) is 2. The molecular formula is C13H15ClN4O. The Kier molecular flexibility index (Phi) is 4.41. The van der Waals surface area contributed by atoms with Crippen LogP contribution in [0.4, 0.5) is 4.79 Å². The number of rotatable bonds is 4. The number of carbonyl (C=O) groups is 1. The largest absolute Gasteiger partial charge is 0.334 e. The highest BCUT2D eigenvalue weighted by molar-refractivity contribution is 6.31. The number of benzene rings is 1. The molecule has 0 aliphatic heterocycles. The number of urea groups is 1. The Morgan fingerprint density at radius 3 is 2.74 bits per heavy atom. The fourth-order valence-electron chi connectivity index (χ4n) is 1.63. The van der Waals surface area contributed by atoms with Crippen LogP contribution in [0.15, 0.2) is 36.7 Å². The smallest absolute Gasteiger partial charge is 0.315 e. The normalized spacial score (nSPS) is 10.2. The molecule has 2 aromatic rings. The average molecular weight is 279 g/mol. The molecule has 5 nitrogen and oxygen atoms in total. The predicted octanol–water partition coefficient (Wildman–Crippen LogP) is 2.07. The lowest BCUT2D eigenvalue weighted by Crippen LogP contribution is -2.34. The number of halogens is 1. The number of hydrogen-bond acceptors (Lipinski definition) is 2. The molecule has 0 atom stereocenters. The summed E-state index contributed by atoms with van der Waals surface area (Å²) >= 11 is 6.00. The van der Waals surface area contributed by atoms with Gasteiger partial charge in [-0.05, 0) is 11.6 Å². The highest BCUT2D eigenvalue weighted by atomic mass is 35.5. The van der Waals surface area contributed by atoms with Crippen LogP contribution < -0.4 is 10.6 Å². The molecule has 0 fully saturated rings. The summed E-state index contributed by atoms with van der Waals surface area (Å²) in [5.74, 6) is 0. The molecule has 0 spiro atoms. The monoisotopic (exact) mass is 278 g/mol. The summed E-state index contributed by atoms with van der Waals surface area (Å²) < 4.78 is 1.69. The van der Waals surface area contributed by atoms with Crippen molar-refractivity contribution >= 4 is 17.6 Å². The minimum Gasteiger partial charge on any atom is -0.334 e. The summed E-state index contributed by atoms with van der Waals surface area (Å²) in [6.45, 7) is 0.848. The molecule has 0 saturated heterocycles. The van der Waals surface area contributed by atoms with E-state index in [1.807, 2.05) is 31.4 Å². The van der Waals surface area contributed by atoms with Gasteiger partial charge >= 0.3 is 6.03 Å². The molecule has 0 bridgehead atoms. The topological polar surface area (TPSA) is 59.0 Å². The van der Waals surface area contributed by atoms with Crippen LogP contribution in [0.2, 0.25) is 5.02 Å². The van der Waals surface area contributed by atoms with Gasteiger partial charge < -0.3 is 10.6 Å². The maximum atomic E-state index is 11.6. The van der Waals surface area contributed by atoms with Crippen molar-refractivity contribution < 1.29 is 4.79 Å². The summed E-state index contributed by atoms with van der Waals surface area (Å²) in [6.07, 6.45) is 3.57. The zero-order valence-electron chi connectivity index (χ0n) is 10.6. The predicted molar refractivity (Wildman–Crippen MR) is 73.7 cm³/mol. The number of carbonyl (C=O) groups excluding carboxylic acids is 1. The summed E-state index contributed by atoms with van der Waals surface area (Å²) in [6, 6.07) is 7.18. The van der Waals surface area contributed by atoms with Gasteiger partial charge in [-0.25, -0.2) is 4.79 Å². The molecular weight excluding hydrogens is 264 g/mol. The molecule has 0 saturated carbocycles. The van der Waals surface area contributed by atoms with Gasteiger partial charge in [-0.2, -0.15) is 5.10 Å². The van der Waals surface area contributed by atoms with Gasteiger partial charge in [0.25, 0.3) is 0 Å². The average Bonchev–Trinajstić information content (AvgIpc) is 2.81. The van der Waals surface area contributed by atoms with E-state index in [0.717, 1.165) is 11.1 Å². The van der Waals surface area contributed by atoms with Crippen LogP contribution in [0, 0.1) is 0 Å². The van der Waals surface area contributed by atoms with Crippen LogP contribution in [0.1, 0.15) is 11.1 Å². The van der Waals surface area contributed by atoms with Gasteiger partial charge in [-0.3, -0.25) is 4.68 Å². The first kappa shape index (κ1) is 13.4. The third kappa shape index (κ3) is 3.99. The summed E-state index contributed by atoms with van der Waals surface area (Å²) in [7, 11) is 1.83. The van der Waals surface area contributed by atoms with Gasteiger partial charge in [0.15, 0.2) is 0 Å². The molecule has 19 heavy (non-hydrogen) atoms. The molecule has 0 unspecified atom stereocenters. The molecule has 0 radical (unpaired) electrons. The van der Waals surface area contributed by atoms with E-state index in [0.29, 0.717) is 18.1 Å². The minimum absolute atomic E-state index is 0.233. The van der Waals surface area contributed by atoms with Crippen molar-refractivity contribution in [3.63, 3.8) is 0 Å². The zero-order chi connectivity index (χ0) is 13.7. The molecule has 1 aromatic heterocycles. The Morgan fingerprint density at radius 2 is 2.05 bits per heavy atom. The van der Waals surface area contributed by atoms with Gasteiger partial charge in [0, 0.05) is 36.9 Å². The van der Waals surface area contributed by atoms with Crippen molar-refractivity contribution in [2.24, 2.45) is 7.05 Å². The Morgan fingerprint density at radius 1 is 1.32 bits per heavy atom. The van der Waals surface area contributed by atoms with Crippen molar-refractivity contribution in [3.05, 3.63) is 52.8 Å². The van der Waals surface area contributed by atoms with E-state index in [1.165, 1.54) is 0 Å². The van der Waals surface area contributed by atoms with Gasteiger partial charge in [0.2, 0.25) is 0 Å². The lowest BCUT2D eigenvalue weighted by atomic mass is 10.2. The highest BCUT2D eigenvalue weighted by Crippen LogP contribution is 2.14. The van der Waals surface area contributed by atoms with Crippen molar-refractivity contribution in [3.8, 4) is 0 Å². The molecule has 2 amide bonds. The highest BCUT2D eigenvalue weighted by Gasteiger charge is 2.03. The van der Waals surface area contributed by atoms with Crippen LogP contribution in [0.5, 0.6) is 0 Å². The van der Waals surface area contributed by atoms with Crippen molar-refractivity contribution in [2.75, 3.05) is 0 Å². The Labute approximate surface area is 116 Å². The number of aryl methyl sites for hydroxylation is 1. The molecule has 100 valence electrons. The number of aromatic nitrogens is 2. The van der Waals surface area contributed by atoms with Gasteiger partial charge in [-0.1, -0.05) is 29.8 Å². The molecule has 2 N–H and O–H groups in total. The first-order chi connectivity index (χ1) is 9.15. The second kappa shape index (κ2) is 6.24. The lowest BCUT2D eigenvalue weighted by molar-refractivity contribution is 0.240. The summed E-state index contributed by atoms with van der Waals surface area (Å²) in [5, 5.41) is 10.2. The number of amides is 2. The zero-order valence-corrected chi connectivity index (χ0v) is 11.3. The van der Waals surface area contributed by atoms with E-state index < -0.39 is 0 Å². The Hall–Kier alpha value is -2.01. The van der Waals surface area contributed by atoms with Crippen molar-refractivity contribution in [1.82, 2.24) is 20.4 Å². The summed E-state index contributed by atoms with van der Waals surface area (Å²) in [5.41, 5.74) is 1.84. The minimum atomic E-state index is -0.233. The second-order valence-electron chi connectivity index (χ2n) is 4.15. The Bertz CT molecular complexity index is 567. The van der Waals surface area contributed by atoms with Gasteiger partial charge in [0.1, 0.15) is 0 Å². The second-order valence-corrected chi connectivity index (χ2v) is 4.56. The molecule has 1 aromatic carbocycles. The van der Waals surface area contributed by atoms with Crippen LogP contribution >= 0.6 is 11.6 Å². The Balaban J connectivity index is 1.77. The van der Waals surface area contributed by atoms with Crippen molar-refractivity contribution in [2.45, 2.75) is 13.1 Å². The summed E-state index contributed by atoms with van der Waals surface area (Å²) in [4.78, 5) is 11.6. The third-order valence-corrected chi connectivity index (χ3v) is 2.98. The van der Waals surface area contributed by atoms with Crippen LogP contribution in [0.25, 0.3) is 0 Å². The van der Waals surface area contributed by atoms with Crippen LogP contribution in [-0.2, 0) is 20.1 Å². The molecule has 2 rings (SSSR count). The van der Waals surface area contributed by atoms with Crippen molar-refractivity contribution in [1.29, 1.82) is 0 Å². The molecule has 0 aliphatic rings. The van der Waals surface area contributed by atoms with E-state index in [2.05, 4.69) is 15.7 Å². The molecule has 0 aliphatic carbocycles. The van der Waals surface area contributed by atoms with E-state index in [1.54, 1.807) is 16.9 Å². The van der Waals surface area contributed by atoms with E-state index in [-0.39, 0.29) is 6.03 Å². The van der Waals surface area contributed by atoms with Crippen LogP contribution in [0.3, 0.4) is 0 Å². The molecule has 6 heteroatoms. The van der Waals surface area contributed by atoms with Crippen LogP contribution in [-0.4, -0.2) is 15.8 Å². The standard InChI is InChI=1S/C13H15ClN4O/c1-18-9-10(7-17-18)6-15-13(19)16-8-11-4-2-3-5-12(11)14/h2-5,7,9H,6,8H2,1H3,(H2,15,16,19). The fraction of sp³-hybridized carbons (Fsp3) is 0.231. The van der Waals surface area contributed by atoms with E-state index >= 15 is 0 Å². The SMILES string of the molecule is Cn1cc(CNC(=O)NCc2ccccc2Cl)cn1. The maximum Gasteiger partial charge on any atom is 0.315 e. The first-order valence-corrected chi connectivity index (χ1v) is 6.25. The third-order valence-electron chi connectivity index (χ3n) is 2.61. The maximum absolute atomic E-state index is 11.6. The number of hydrogen-bond donors (Lipinski definition) is 2. The number of nitrogens with one attached hydrogen (secondary N) is 2. The van der Waals surface area contributed by atoms with Gasteiger partial charge in [-0.15, -0.1) is 0 Å². The fourth-order valence-corrected chi connectivity index (χ4v) is 1.83. The first-order valence-electron chi connectivity index (χ1n) is 5.88. The van der Waals surface area contributed by atoms with E-state index in [9.17, 15) is 4.79 Å².